The van der Waals surface area contributed by atoms with E-state index in [-0.39, 0.29) is 23.8 Å². The molecule has 1 fully saturated rings. The van der Waals surface area contributed by atoms with E-state index in [0.717, 1.165) is 5.56 Å². The second-order valence-electron chi connectivity index (χ2n) is 5.02. The Morgan fingerprint density at radius 3 is 2.95 bits per heavy atom. The van der Waals surface area contributed by atoms with Crippen LogP contribution in [-0.4, -0.2) is 47.8 Å². The van der Waals surface area contributed by atoms with Crippen LogP contribution in [0.2, 0.25) is 0 Å². The van der Waals surface area contributed by atoms with Gasteiger partial charge in [-0.2, -0.15) is 0 Å². The largest absolute Gasteiger partial charge is 0.508 e. The molecule has 0 spiro atoms. The fourth-order valence-corrected chi connectivity index (χ4v) is 2.10. The van der Waals surface area contributed by atoms with Crippen LogP contribution in [0.3, 0.4) is 0 Å². The monoisotopic (exact) mass is 264 g/mol. The van der Waals surface area contributed by atoms with Gasteiger partial charge in [0.25, 0.3) is 5.91 Å². The molecule has 1 aromatic rings. The number of aromatic hydroxyl groups is 1. The minimum Gasteiger partial charge on any atom is -0.508 e. The maximum Gasteiger partial charge on any atom is 0.254 e. The van der Waals surface area contributed by atoms with E-state index in [1.807, 2.05) is 6.92 Å². The van der Waals surface area contributed by atoms with Gasteiger partial charge >= 0.3 is 0 Å². The molecule has 2 rings (SSSR count). The number of morpholine rings is 1. The predicted molar refractivity (Wildman–Crippen MR) is 72.1 cm³/mol. The van der Waals surface area contributed by atoms with Crippen LogP contribution in [0, 0.1) is 6.92 Å². The molecule has 1 aliphatic heterocycles. The molecule has 5 nitrogen and oxygen atoms in total. The lowest BCUT2D eigenvalue weighted by Crippen LogP contribution is -2.51. The summed E-state index contributed by atoms with van der Waals surface area (Å²) in [6.45, 7) is 5.21. The van der Waals surface area contributed by atoms with Crippen molar-refractivity contribution in [2.75, 3.05) is 19.7 Å². The number of benzene rings is 1. The SMILES string of the molecule is Cc1ccc(C(=O)N2CCOC(C(C)N)C2)cc1O. The normalized spacial score (nSPS) is 21.2. The molecule has 1 aliphatic rings. The minimum atomic E-state index is -0.128. The summed E-state index contributed by atoms with van der Waals surface area (Å²) in [6, 6.07) is 4.87. The highest BCUT2D eigenvalue weighted by Gasteiger charge is 2.27. The predicted octanol–water partition coefficient (Wildman–Crippen LogP) is 0.889. The molecule has 0 radical (unpaired) electrons. The molecule has 0 bridgehead atoms. The van der Waals surface area contributed by atoms with E-state index in [4.69, 9.17) is 10.5 Å². The van der Waals surface area contributed by atoms with Gasteiger partial charge in [0.05, 0.1) is 12.7 Å². The van der Waals surface area contributed by atoms with Crippen molar-refractivity contribution >= 4 is 5.91 Å². The first kappa shape index (κ1) is 13.8. The highest BCUT2D eigenvalue weighted by atomic mass is 16.5. The van der Waals surface area contributed by atoms with Crippen molar-refractivity contribution in [3.8, 4) is 5.75 Å². The van der Waals surface area contributed by atoms with Gasteiger partial charge in [0.1, 0.15) is 5.75 Å². The third kappa shape index (κ3) is 3.05. The van der Waals surface area contributed by atoms with Gasteiger partial charge in [-0.1, -0.05) is 6.07 Å². The van der Waals surface area contributed by atoms with Gasteiger partial charge in [-0.15, -0.1) is 0 Å². The first-order valence-corrected chi connectivity index (χ1v) is 6.45. The van der Waals surface area contributed by atoms with Crippen molar-refractivity contribution in [1.82, 2.24) is 4.90 Å². The fraction of sp³-hybridized carbons (Fsp3) is 0.500. The third-order valence-corrected chi connectivity index (χ3v) is 3.42. The highest BCUT2D eigenvalue weighted by molar-refractivity contribution is 5.94. The van der Waals surface area contributed by atoms with E-state index in [1.165, 1.54) is 6.07 Å². The number of rotatable bonds is 2. The number of ether oxygens (including phenoxy) is 1. The number of hydrogen-bond donors (Lipinski definition) is 2. The summed E-state index contributed by atoms with van der Waals surface area (Å²) in [4.78, 5) is 14.1. The zero-order valence-corrected chi connectivity index (χ0v) is 11.3. The average molecular weight is 264 g/mol. The van der Waals surface area contributed by atoms with Gasteiger partial charge < -0.3 is 20.5 Å². The molecule has 2 atom stereocenters. The second kappa shape index (κ2) is 5.59. The van der Waals surface area contributed by atoms with Gasteiger partial charge in [0.2, 0.25) is 0 Å². The van der Waals surface area contributed by atoms with Crippen LogP contribution in [0.25, 0.3) is 0 Å². The number of nitrogens with zero attached hydrogens (tertiary/aromatic N) is 1. The zero-order valence-electron chi connectivity index (χ0n) is 11.3. The van der Waals surface area contributed by atoms with Gasteiger partial charge in [-0.05, 0) is 31.5 Å². The van der Waals surface area contributed by atoms with Crippen LogP contribution in [0.15, 0.2) is 18.2 Å². The molecule has 0 saturated carbocycles. The molecule has 19 heavy (non-hydrogen) atoms. The van der Waals surface area contributed by atoms with Crippen LogP contribution in [0.4, 0.5) is 0 Å². The Morgan fingerprint density at radius 2 is 2.32 bits per heavy atom. The molecule has 0 aliphatic carbocycles. The number of aryl methyl sites for hydroxylation is 1. The number of amides is 1. The van der Waals surface area contributed by atoms with Crippen LogP contribution >= 0.6 is 0 Å². The van der Waals surface area contributed by atoms with Crippen molar-refractivity contribution in [3.63, 3.8) is 0 Å². The number of hydrogen-bond acceptors (Lipinski definition) is 4. The quantitative estimate of drug-likeness (QED) is 0.831. The molecule has 1 aromatic carbocycles. The van der Waals surface area contributed by atoms with E-state index in [1.54, 1.807) is 24.0 Å². The Kier molecular flexibility index (Phi) is 4.07. The van der Waals surface area contributed by atoms with Crippen molar-refractivity contribution in [2.45, 2.75) is 26.0 Å². The average Bonchev–Trinajstić information content (AvgIpc) is 2.41. The van der Waals surface area contributed by atoms with E-state index in [9.17, 15) is 9.90 Å². The van der Waals surface area contributed by atoms with Gasteiger partial charge in [0, 0.05) is 24.7 Å². The maximum atomic E-state index is 12.3. The van der Waals surface area contributed by atoms with Crippen molar-refractivity contribution in [2.24, 2.45) is 5.73 Å². The number of carbonyl (C=O) groups excluding carboxylic acids is 1. The lowest BCUT2D eigenvalue weighted by atomic mass is 10.1. The minimum absolute atomic E-state index is 0.0933. The summed E-state index contributed by atoms with van der Waals surface area (Å²) < 4.78 is 5.53. The van der Waals surface area contributed by atoms with Crippen LogP contribution in [-0.2, 0) is 4.74 Å². The molecule has 1 amide bonds. The lowest BCUT2D eigenvalue weighted by molar-refractivity contribution is -0.0300. The number of phenolic OH excluding ortho intramolecular Hbond substituents is 1. The van der Waals surface area contributed by atoms with Crippen molar-refractivity contribution < 1.29 is 14.6 Å². The molecule has 0 aromatic heterocycles. The Labute approximate surface area is 113 Å². The zero-order chi connectivity index (χ0) is 14.0. The molecule has 5 heteroatoms. The summed E-state index contributed by atoms with van der Waals surface area (Å²) in [6.07, 6.45) is -0.128. The Hall–Kier alpha value is -1.59. The summed E-state index contributed by atoms with van der Waals surface area (Å²) in [7, 11) is 0. The van der Waals surface area contributed by atoms with Crippen LogP contribution < -0.4 is 5.73 Å². The van der Waals surface area contributed by atoms with E-state index in [2.05, 4.69) is 0 Å². The summed E-state index contributed by atoms with van der Waals surface area (Å²) in [5.41, 5.74) is 7.06. The lowest BCUT2D eigenvalue weighted by Gasteiger charge is -2.34. The van der Waals surface area contributed by atoms with E-state index < -0.39 is 0 Å². The number of nitrogens with two attached hydrogens (primary N) is 1. The summed E-state index contributed by atoms with van der Waals surface area (Å²) >= 11 is 0. The standard InChI is InChI=1S/C14H20N2O3/c1-9-3-4-11(7-12(9)17)14(18)16-5-6-19-13(8-16)10(2)15/h3-4,7,10,13,17H,5-6,8,15H2,1-2H3. The molecule has 104 valence electrons. The van der Waals surface area contributed by atoms with Crippen molar-refractivity contribution in [1.29, 1.82) is 0 Å². The Balaban J connectivity index is 2.12. The Bertz CT molecular complexity index is 474. The van der Waals surface area contributed by atoms with Crippen LogP contribution in [0.1, 0.15) is 22.8 Å². The van der Waals surface area contributed by atoms with Gasteiger partial charge in [-0.25, -0.2) is 0 Å². The Morgan fingerprint density at radius 1 is 1.58 bits per heavy atom. The molecular formula is C14H20N2O3. The third-order valence-electron chi connectivity index (χ3n) is 3.42. The number of carbonyl (C=O) groups is 1. The highest BCUT2D eigenvalue weighted by Crippen LogP contribution is 2.19. The smallest absolute Gasteiger partial charge is 0.254 e. The van der Waals surface area contributed by atoms with Crippen LogP contribution in [0.5, 0.6) is 5.75 Å². The summed E-state index contributed by atoms with van der Waals surface area (Å²) in [5, 5.41) is 9.67. The van der Waals surface area contributed by atoms with E-state index in [0.29, 0.717) is 25.3 Å². The molecule has 1 heterocycles. The van der Waals surface area contributed by atoms with E-state index >= 15 is 0 Å². The second-order valence-corrected chi connectivity index (χ2v) is 5.02. The molecular weight excluding hydrogens is 244 g/mol. The van der Waals surface area contributed by atoms with Gasteiger partial charge in [-0.3, -0.25) is 4.79 Å². The maximum absolute atomic E-state index is 12.3. The molecule has 3 N–H and O–H groups in total. The number of phenols is 1. The topological polar surface area (TPSA) is 75.8 Å². The first-order valence-electron chi connectivity index (χ1n) is 6.45. The molecule has 2 unspecified atom stereocenters. The summed E-state index contributed by atoms with van der Waals surface area (Å²) in [5.74, 6) is 0.0482. The first-order chi connectivity index (χ1) is 8.99. The van der Waals surface area contributed by atoms with Gasteiger partial charge in [0.15, 0.2) is 0 Å². The fourth-order valence-electron chi connectivity index (χ4n) is 2.10. The van der Waals surface area contributed by atoms with Crippen molar-refractivity contribution in [3.05, 3.63) is 29.3 Å². The molecule has 1 saturated heterocycles.